The molecular formula is C28H43N5O6. The lowest BCUT2D eigenvalue weighted by molar-refractivity contribution is -0.000451. The smallest absolute Gasteiger partial charge is 0.323 e. The normalized spacial score (nSPS) is 21.9. The number of nitrogens with one attached hydrogen (secondary N) is 3. The number of nitrogens with zero attached hydrogens (tertiary/aromatic N) is 2. The first-order valence-corrected chi connectivity index (χ1v) is 13.6. The number of carbonyl (C=O) groups excluding carboxylic acids is 2. The number of hydrogen-bond donors (Lipinski definition) is 4. The van der Waals surface area contributed by atoms with Gasteiger partial charge in [0, 0.05) is 31.3 Å². The minimum absolute atomic E-state index is 0.00349. The minimum Gasteiger partial charge on any atom is -0.490 e. The fourth-order valence-corrected chi connectivity index (χ4v) is 4.63. The first kappa shape index (κ1) is 30.4. The van der Waals surface area contributed by atoms with Crippen molar-refractivity contribution in [3.05, 3.63) is 35.2 Å². The average Bonchev–Trinajstić information content (AvgIpc) is 3.22. The molecule has 0 unspecified atom stereocenters. The summed E-state index contributed by atoms with van der Waals surface area (Å²) < 4.78 is 17.5. The molecule has 39 heavy (non-hydrogen) atoms. The van der Waals surface area contributed by atoms with Gasteiger partial charge in [-0.15, -0.1) is 0 Å². The summed E-state index contributed by atoms with van der Waals surface area (Å²) in [6.07, 6.45) is 2.43. The number of aliphatic hydroxyl groups excluding tert-OH is 1. The van der Waals surface area contributed by atoms with Crippen LogP contribution in [0.15, 0.2) is 22.7 Å². The lowest BCUT2D eigenvalue weighted by Crippen LogP contribution is -2.47. The molecule has 0 spiro atoms. The fourth-order valence-electron chi connectivity index (χ4n) is 4.63. The zero-order valence-corrected chi connectivity index (χ0v) is 23.9. The molecule has 0 saturated carbocycles. The van der Waals surface area contributed by atoms with E-state index in [0.29, 0.717) is 53.8 Å². The van der Waals surface area contributed by atoms with Crippen LogP contribution in [-0.4, -0.2) is 78.7 Å². The minimum atomic E-state index is -0.492. The Morgan fingerprint density at radius 1 is 1.23 bits per heavy atom. The number of rotatable bonds is 6. The highest BCUT2D eigenvalue weighted by Gasteiger charge is 2.29. The van der Waals surface area contributed by atoms with Gasteiger partial charge in [0.15, 0.2) is 5.76 Å². The average molecular weight is 546 g/mol. The Morgan fingerprint density at radius 3 is 2.67 bits per heavy atom. The van der Waals surface area contributed by atoms with Crippen LogP contribution < -0.4 is 20.7 Å². The predicted molar refractivity (Wildman–Crippen MR) is 149 cm³/mol. The molecule has 1 aliphatic heterocycles. The Kier molecular flexibility index (Phi) is 11.1. The number of hydrogen-bond acceptors (Lipinski definition) is 8. The molecule has 4 N–H and O–H groups in total. The number of aryl methyl sites for hydroxylation is 2. The van der Waals surface area contributed by atoms with E-state index in [9.17, 15) is 14.7 Å². The summed E-state index contributed by atoms with van der Waals surface area (Å²) in [5.74, 6) is 0.643. The highest BCUT2D eigenvalue weighted by molar-refractivity contribution is 6.03. The number of amides is 3. The number of urea groups is 1. The lowest BCUT2D eigenvalue weighted by atomic mass is 10.0. The monoisotopic (exact) mass is 545 g/mol. The van der Waals surface area contributed by atoms with Gasteiger partial charge in [-0.25, -0.2) is 4.79 Å². The first-order valence-electron chi connectivity index (χ1n) is 13.6. The summed E-state index contributed by atoms with van der Waals surface area (Å²) in [4.78, 5) is 28.4. The number of benzene rings is 1. The van der Waals surface area contributed by atoms with Gasteiger partial charge in [-0.2, -0.15) is 0 Å². The summed E-state index contributed by atoms with van der Waals surface area (Å²) in [6, 6.07) is 4.10. The highest BCUT2D eigenvalue weighted by atomic mass is 16.5. The van der Waals surface area contributed by atoms with Crippen molar-refractivity contribution >= 4 is 23.3 Å². The molecule has 216 valence electrons. The van der Waals surface area contributed by atoms with Crippen LogP contribution in [0.5, 0.6) is 5.75 Å². The molecule has 0 radical (unpaired) electrons. The second-order valence-corrected chi connectivity index (χ2v) is 10.3. The van der Waals surface area contributed by atoms with Crippen molar-refractivity contribution in [2.75, 3.05) is 44.0 Å². The molecule has 1 aromatic heterocycles. The molecule has 0 bridgehead atoms. The van der Waals surface area contributed by atoms with E-state index in [2.05, 4.69) is 28.0 Å². The van der Waals surface area contributed by atoms with Crippen LogP contribution in [0.4, 0.5) is 16.2 Å². The van der Waals surface area contributed by atoms with Gasteiger partial charge in [-0.05, 0) is 72.2 Å². The molecule has 0 fully saturated rings. The molecule has 1 aliphatic rings. The van der Waals surface area contributed by atoms with Crippen molar-refractivity contribution in [3.8, 4) is 5.75 Å². The van der Waals surface area contributed by atoms with E-state index in [0.717, 1.165) is 19.3 Å². The fraction of sp³-hybridized carbons (Fsp3) is 0.607. The SMILES string of the molecule is CNC[C@@H]1OCCCC[C@@H](C)Oc2ccc(NC(=O)Nc3c(C)noc3C)cc2C(=O)N([C@H](C)CO)C[C@H]1C. The van der Waals surface area contributed by atoms with Gasteiger partial charge in [0.2, 0.25) is 0 Å². The van der Waals surface area contributed by atoms with Gasteiger partial charge < -0.3 is 40.0 Å². The molecule has 1 aromatic carbocycles. The van der Waals surface area contributed by atoms with Gasteiger partial charge in [-0.1, -0.05) is 12.1 Å². The quantitative estimate of drug-likeness (QED) is 0.428. The third kappa shape index (κ3) is 8.17. The van der Waals surface area contributed by atoms with Crippen molar-refractivity contribution in [1.29, 1.82) is 0 Å². The third-order valence-electron chi connectivity index (χ3n) is 6.99. The Hall–Kier alpha value is -3.15. The zero-order chi connectivity index (χ0) is 28.5. The largest absolute Gasteiger partial charge is 0.490 e. The number of aliphatic hydroxyl groups is 1. The predicted octanol–water partition coefficient (Wildman–Crippen LogP) is 3.95. The third-order valence-corrected chi connectivity index (χ3v) is 6.99. The summed E-state index contributed by atoms with van der Waals surface area (Å²) in [7, 11) is 1.88. The number of ether oxygens (including phenoxy) is 2. The standard InChI is InChI=1S/C28H43N5O6/c1-17-15-33(18(2)16-34)27(35)23-13-22(30-28(36)31-26-20(4)32-39-21(26)5)10-11-24(23)38-19(3)9-7-8-12-37-25(17)14-29-6/h10-11,13,17-19,25,29,34H,7-9,12,14-16H2,1-6H3,(H2,30,31,36)/t17-,18-,19-,25+/m1/s1. The maximum absolute atomic E-state index is 14.0. The number of aromatic nitrogens is 1. The van der Waals surface area contributed by atoms with Gasteiger partial charge in [0.25, 0.3) is 5.91 Å². The van der Waals surface area contributed by atoms with Crippen LogP contribution >= 0.6 is 0 Å². The lowest BCUT2D eigenvalue weighted by Gasteiger charge is -2.34. The van der Waals surface area contributed by atoms with E-state index in [1.807, 2.05) is 20.9 Å². The summed E-state index contributed by atoms with van der Waals surface area (Å²) in [6.45, 7) is 10.8. The Labute approximate surface area is 230 Å². The van der Waals surface area contributed by atoms with Crippen molar-refractivity contribution < 1.29 is 28.7 Å². The van der Waals surface area contributed by atoms with Crippen LogP contribution in [0.2, 0.25) is 0 Å². The number of likely N-dealkylation sites (N-methyl/N-ethyl adjacent to an activating group) is 1. The molecule has 2 aromatic rings. The van der Waals surface area contributed by atoms with Gasteiger partial charge in [0.05, 0.1) is 30.4 Å². The molecule has 0 saturated heterocycles. The van der Waals surface area contributed by atoms with Crippen molar-refractivity contribution in [2.24, 2.45) is 5.92 Å². The van der Waals surface area contributed by atoms with Crippen molar-refractivity contribution in [2.45, 2.75) is 72.1 Å². The summed E-state index contributed by atoms with van der Waals surface area (Å²) in [5, 5.41) is 22.6. The van der Waals surface area contributed by atoms with E-state index >= 15 is 0 Å². The molecule has 0 aliphatic carbocycles. The maximum Gasteiger partial charge on any atom is 0.323 e. The van der Waals surface area contributed by atoms with E-state index in [-0.39, 0.29) is 30.6 Å². The highest BCUT2D eigenvalue weighted by Crippen LogP contribution is 2.29. The molecule has 11 heteroatoms. The molecule has 3 rings (SSSR count). The number of carbonyl (C=O) groups is 2. The van der Waals surface area contributed by atoms with Gasteiger partial charge in [-0.3, -0.25) is 4.79 Å². The summed E-state index contributed by atoms with van der Waals surface area (Å²) in [5.41, 5.74) is 1.79. The molecule has 2 heterocycles. The first-order chi connectivity index (χ1) is 18.6. The van der Waals surface area contributed by atoms with Crippen LogP contribution in [0.25, 0.3) is 0 Å². The number of fused-ring (bicyclic) bond motifs is 1. The van der Waals surface area contributed by atoms with Crippen molar-refractivity contribution in [3.63, 3.8) is 0 Å². The maximum atomic E-state index is 14.0. The van der Waals surface area contributed by atoms with E-state index in [1.165, 1.54) is 0 Å². The second-order valence-electron chi connectivity index (χ2n) is 10.3. The Balaban J connectivity index is 1.94. The number of anilines is 2. The van der Waals surface area contributed by atoms with Crippen LogP contribution in [-0.2, 0) is 4.74 Å². The van der Waals surface area contributed by atoms with Crippen molar-refractivity contribution in [1.82, 2.24) is 15.4 Å². The van der Waals surface area contributed by atoms with E-state index in [4.69, 9.17) is 14.0 Å². The molecule has 3 amide bonds. The van der Waals surface area contributed by atoms with Crippen LogP contribution in [0, 0.1) is 19.8 Å². The Morgan fingerprint density at radius 2 is 2.00 bits per heavy atom. The Bertz CT molecular complexity index is 1090. The van der Waals surface area contributed by atoms with Gasteiger partial charge in [0.1, 0.15) is 17.1 Å². The molecule has 4 atom stereocenters. The molecular weight excluding hydrogens is 502 g/mol. The zero-order valence-electron chi connectivity index (χ0n) is 23.9. The van der Waals surface area contributed by atoms with E-state index in [1.54, 1.807) is 36.9 Å². The van der Waals surface area contributed by atoms with E-state index < -0.39 is 12.1 Å². The van der Waals surface area contributed by atoms with Crippen LogP contribution in [0.3, 0.4) is 0 Å². The van der Waals surface area contributed by atoms with Crippen LogP contribution in [0.1, 0.15) is 61.8 Å². The topological polar surface area (TPSA) is 138 Å². The second kappa shape index (κ2) is 14.3. The van der Waals surface area contributed by atoms with Gasteiger partial charge >= 0.3 is 6.03 Å². The summed E-state index contributed by atoms with van der Waals surface area (Å²) >= 11 is 0. The molecule has 11 nitrogen and oxygen atoms in total.